The summed E-state index contributed by atoms with van der Waals surface area (Å²) in [4.78, 5) is 13.3. The SMILES string of the molecule is CCCCCCC/C=C/C(O)C(COC1OC(CO)C(OC2OC(CO)C(OC3OC(CO)C(O)C(O)C3O)C(O)C2O)C(O)C1O)NC(=O)CCCCCCCCCCCCCCCCCCCCCCCCCCC/C=C\CCCCCCCCCC. The minimum absolute atomic E-state index is 0.247. The van der Waals surface area contributed by atoms with Crippen molar-refractivity contribution in [2.75, 3.05) is 26.4 Å². The molecule has 3 heterocycles. The van der Waals surface area contributed by atoms with Crippen molar-refractivity contribution in [2.45, 2.75) is 388 Å². The molecule has 0 bridgehead atoms. The van der Waals surface area contributed by atoms with E-state index in [1.165, 1.54) is 199 Å². The summed E-state index contributed by atoms with van der Waals surface area (Å²) in [6.07, 6.45) is 34.0. The fraction of sp³-hybridized carbons (Fsp3) is 0.929. The van der Waals surface area contributed by atoms with Crippen LogP contribution in [0.3, 0.4) is 0 Å². The molecule has 3 fully saturated rings. The molecular weight excluding hydrogens is 1140 g/mol. The van der Waals surface area contributed by atoms with E-state index in [1.54, 1.807) is 6.08 Å². The number of allylic oxidation sites excluding steroid dienone is 3. The monoisotopic (exact) mass is 1270 g/mol. The normalized spacial score (nSPS) is 28.3. The second kappa shape index (κ2) is 52.5. The summed E-state index contributed by atoms with van der Waals surface area (Å²) in [5, 5.41) is 120. The predicted octanol–water partition coefficient (Wildman–Crippen LogP) is 9.83. The molecule has 12 N–H and O–H groups in total. The van der Waals surface area contributed by atoms with Crippen molar-refractivity contribution in [3.63, 3.8) is 0 Å². The lowest BCUT2D eigenvalue weighted by molar-refractivity contribution is -0.379. The van der Waals surface area contributed by atoms with Gasteiger partial charge >= 0.3 is 0 Å². The Morgan fingerprint density at radius 2 is 0.708 bits per heavy atom. The molecule has 0 saturated carbocycles. The van der Waals surface area contributed by atoms with Gasteiger partial charge < -0.3 is 89.9 Å². The van der Waals surface area contributed by atoms with Crippen molar-refractivity contribution in [3.05, 3.63) is 24.3 Å². The summed E-state index contributed by atoms with van der Waals surface area (Å²) >= 11 is 0. The second-order valence-electron chi connectivity index (χ2n) is 26.1. The van der Waals surface area contributed by atoms with Crippen molar-refractivity contribution in [1.82, 2.24) is 5.32 Å². The minimum Gasteiger partial charge on any atom is -0.394 e. The highest BCUT2D eigenvalue weighted by Crippen LogP contribution is 2.33. The number of hydrogen-bond acceptors (Lipinski definition) is 18. The number of carbonyl (C=O) groups excluding carboxylic acids is 1. The largest absolute Gasteiger partial charge is 0.394 e. The van der Waals surface area contributed by atoms with Crippen molar-refractivity contribution in [1.29, 1.82) is 0 Å². The van der Waals surface area contributed by atoms with E-state index in [0.717, 1.165) is 57.8 Å². The van der Waals surface area contributed by atoms with Crippen LogP contribution in [-0.2, 0) is 33.2 Å². The zero-order valence-electron chi connectivity index (χ0n) is 55.4. The van der Waals surface area contributed by atoms with E-state index in [0.29, 0.717) is 6.42 Å². The Balaban J connectivity index is 1.25. The first-order chi connectivity index (χ1) is 43.3. The zero-order chi connectivity index (χ0) is 64.7. The van der Waals surface area contributed by atoms with E-state index >= 15 is 0 Å². The molecular formula is C70H131NO18. The van der Waals surface area contributed by atoms with Gasteiger partial charge in [0, 0.05) is 6.42 Å². The van der Waals surface area contributed by atoms with Gasteiger partial charge in [0.05, 0.1) is 38.6 Å². The van der Waals surface area contributed by atoms with Crippen LogP contribution < -0.4 is 5.32 Å². The molecule has 0 aromatic carbocycles. The average molecular weight is 1270 g/mol. The van der Waals surface area contributed by atoms with Gasteiger partial charge in [0.2, 0.25) is 5.91 Å². The van der Waals surface area contributed by atoms with E-state index in [1.807, 2.05) is 6.08 Å². The average Bonchev–Trinajstić information content (AvgIpc) is 2.14. The minimum atomic E-state index is -1.97. The molecule has 0 radical (unpaired) electrons. The first-order valence-electron chi connectivity index (χ1n) is 36.1. The molecule has 3 aliphatic rings. The van der Waals surface area contributed by atoms with Gasteiger partial charge in [0.1, 0.15) is 73.2 Å². The van der Waals surface area contributed by atoms with Crippen LogP contribution in [0.5, 0.6) is 0 Å². The molecule has 19 nitrogen and oxygen atoms in total. The van der Waals surface area contributed by atoms with Crippen molar-refractivity contribution >= 4 is 5.91 Å². The van der Waals surface area contributed by atoms with Crippen LogP contribution in [0.15, 0.2) is 24.3 Å². The molecule has 17 unspecified atom stereocenters. The number of unbranched alkanes of at least 4 members (excludes halogenated alkanes) is 38. The van der Waals surface area contributed by atoms with Crippen LogP contribution in [0.1, 0.15) is 284 Å². The number of rotatable bonds is 56. The Hall–Kier alpha value is -1.73. The molecule has 19 heteroatoms. The maximum atomic E-state index is 13.3. The molecule has 3 rings (SSSR count). The van der Waals surface area contributed by atoms with Crippen molar-refractivity contribution < 1.29 is 89.4 Å². The zero-order valence-corrected chi connectivity index (χ0v) is 55.4. The maximum absolute atomic E-state index is 13.3. The summed E-state index contributed by atoms with van der Waals surface area (Å²) < 4.78 is 34.2. The second-order valence-corrected chi connectivity index (χ2v) is 26.1. The van der Waals surface area contributed by atoms with Crippen LogP contribution in [0.4, 0.5) is 0 Å². The number of ether oxygens (including phenoxy) is 6. The quantitative estimate of drug-likeness (QED) is 0.0199. The smallest absolute Gasteiger partial charge is 0.220 e. The fourth-order valence-electron chi connectivity index (χ4n) is 12.4. The van der Waals surface area contributed by atoms with Crippen LogP contribution in [0.2, 0.25) is 0 Å². The lowest BCUT2D eigenvalue weighted by atomic mass is 9.96. The molecule has 0 aliphatic carbocycles. The Morgan fingerprint density at radius 3 is 1.09 bits per heavy atom. The molecule has 3 saturated heterocycles. The van der Waals surface area contributed by atoms with E-state index in [-0.39, 0.29) is 18.9 Å². The van der Waals surface area contributed by atoms with Gasteiger partial charge in [-0.05, 0) is 44.9 Å². The third-order valence-electron chi connectivity index (χ3n) is 18.2. The third kappa shape index (κ3) is 34.5. The van der Waals surface area contributed by atoms with Gasteiger partial charge in [-0.1, -0.05) is 256 Å². The van der Waals surface area contributed by atoms with Gasteiger partial charge in [-0.3, -0.25) is 4.79 Å². The molecule has 17 atom stereocenters. The van der Waals surface area contributed by atoms with E-state index in [4.69, 9.17) is 28.4 Å². The van der Waals surface area contributed by atoms with Crippen LogP contribution in [-0.4, -0.2) is 193 Å². The first-order valence-corrected chi connectivity index (χ1v) is 36.1. The van der Waals surface area contributed by atoms with E-state index in [2.05, 4.69) is 31.3 Å². The van der Waals surface area contributed by atoms with Crippen LogP contribution >= 0.6 is 0 Å². The van der Waals surface area contributed by atoms with Crippen molar-refractivity contribution in [3.8, 4) is 0 Å². The highest BCUT2D eigenvalue weighted by molar-refractivity contribution is 5.76. The predicted molar refractivity (Wildman–Crippen MR) is 346 cm³/mol. The molecule has 0 spiro atoms. The molecule has 3 aliphatic heterocycles. The fourth-order valence-corrected chi connectivity index (χ4v) is 12.4. The lowest BCUT2D eigenvalue weighted by Gasteiger charge is -2.48. The summed E-state index contributed by atoms with van der Waals surface area (Å²) in [5.41, 5.74) is 0. The number of aliphatic hydroxyl groups is 11. The summed E-state index contributed by atoms with van der Waals surface area (Å²) in [7, 11) is 0. The summed E-state index contributed by atoms with van der Waals surface area (Å²) in [6.45, 7) is 1.67. The van der Waals surface area contributed by atoms with E-state index < -0.39 is 124 Å². The van der Waals surface area contributed by atoms with Crippen LogP contribution in [0.25, 0.3) is 0 Å². The summed E-state index contributed by atoms with van der Waals surface area (Å²) in [5.74, 6) is -0.275. The van der Waals surface area contributed by atoms with Crippen LogP contribution in [0, 0.1) is 0 Å². The van der Waals surface area contributed by atoms with Gasteiger partial charge in [0.15, 0.2) is 18.9 Å². The molecule has 89 heavy (non-hydrogen) atoms. The standard InChI is InChI=1S/C70H131NO18/c1-3-5-7-9-11-12-13-14-15-16-17-18-19-20-21-22-23-24-25-26-27-28-29-30-31-32-33-34-35-36-37-38-39-40-42-44-46-48-58(76)71-53(54(75)47-45-43-41-10-8-6-4-2)52-84-68-64(82)61(79)66(56(50-73)86-68)89-70-65(83)62(80)67(57(51-74)87-70)88-69-63(81)60(78)59(77)55(49-72)85-69/h16-17,45,47,53-57,59-70,72-75,77-83H,3-15,18-44,46,48-52H2,1-2H3,(H,71,76)/b17-16-,47-45+. The Bertz CT molecular complexity index is 1710. The number of hydrogen-bond donors (Lipinski definition) is 12. The Morgan fingerprint density at radius 1 is 0.393 bits per heavy atom. The number of nitrogens with one attached hydrogen (secondary N) is 1. The maximum Gasteiger partial charge on any atom is 0.220 e. The first kappa shape index (κ1) is 81.5. The topological polar surface area (TPSA) is 307 Å². The molecule has 0 aromatic heterocycles. The van der Waals surface area contributed by atoms with Gasteiger partial charge in [-0.25, -0.2) is 0 Å². The third-order valence-corrected chi connectivity index (χ3v) is 18.2. The van der Waals surface area contributed by atoms with Gasteiger partial charge in [-0.2, -0.15) is 0 Å². The lowest BCUT2D eigenvalue weighted by Crippen LogP contribution is -2.66. The molecule has 1 amide bonds. The molecule has 0 aromatic rings. The number of aliphatic hydroxyl groups excluding tert-OH is 11. The van der Waals surface area contributed by atoms with E-state index in [9.17, 15) is 61.0 Å². The Labute approximate surface area is 537 Å². The van der Waals surface area contributed by atoms with Gasteiger partial charge in [-0.15, -0.1) is 0 Å². The highest BCUT2D eigenvalue weighted by atomic mass is 16.8. The highest BCUT2D eigenvalue weighted by Gasteiger charge is 2.53. The summed E-state index contributed by atoms with van der Waals surface area (Å²) in [6, 6.07) is -0.967. The number of carbonyl (C=O) groups is 1. The van der Waals surface area contributed by atoms with Crippen molar-refractivity contribution in [2.24, 2.45) is 0 Å². The molecule has 524 valence electrons. The van der Waals surface area contributed by atoms with Gasteiger partial charge in [0.25, 0.3) is 0 Å². The number of amides is 1. The Kier molecular flexibility index (Phi) is 48.1.